The van der Waals surface area contributed by atoms with Crippen LogP contribution >= 0.6 is 0 Å². The molecule has 2 aromatic carbocycles. The van der Waals surface area contributed by atoms with Crippen LogP contribution in [0.25, 0.3) is 33.4 Å². The maximum Gasteiger partial charge on any atom is 0.274 e. The van der Waals surface area contributed by atoms with Crippen LogP contribution in [0, 0.1) is 11.3 Å². The summed E-state index contributed by atoms with van der Waals surface area (Å²) in [7, 11) is 0. The Hall–Kier alpha value is -5.16. The van der Waals surface area contributed by atoms with Crippen molar-refractivity contribution in [2.24, 2.45) is 0 Å². The number of nitriles is 1. The molecule has 3 heterocycles. The second-order valence-corrected chi connectivity index (χ2v) is 9.05. The number of anilines is 1. The highest BCUT2D eigenvalue weighted by Gasteiger charge is 2.28. The Labute approximate surface area is 213 Å². The zero-order valence-corrected chi connectivity index (χ0v) is 20.3. The minimum atomic E-state index is -0.855. The van der Waals surface area contributed by atoms with Crippen molar-refractivity contribution in [3.05, 3.63) is 102 Å². The van der Waals surface area contributed by atoms with Crippen LogP contribution in [0.15, 0.2) is 85.2 Å². The molecule has 5 aromatic rings. The van der Waals surface area contributed by atoms with Gasteiger partial charge in [0.25, 0.3) is 5.91 Å². The summed E-state index contributed by atoms with van der Waals surface area (Å²) in [5.41, 5.74) is 10.1. The lowest BCUT2D eigenvalue weighted by atomic mass is 9.98. The average Bonchev–Trinajstić information content (AvgIpc) is 2.93. The molecular formula is C29H23N7O. The number of nitrogens with one attached hydrogen (secondary N) is 1. The summed E-state index contributed by atoms with van der Waals surface area (Å²) < 4.78 is 0. The summed E-state index contributed by atoms with van der Waals surface area (Å²) in [4.78, 5) is 31.5. The number of carbonyl (C=O) groups excluding carboxylic acids is 1. The first-order valence-electron chi connectivity index (χ1n) is 11.6. The summed E-state index contributed by atoms with van der Waals surface area (Å²) in [5, 5.41) is 12.9. The van der Waals surface area contributed by atoms with E-state index in [9.17, 15) is 4.79 Å². The van der Waals surface area contributed by atoms with Crippen LogP contribution < -0.4 is 11.1 Å². The normalized spacial score (nSPS) is 11.2. The lowest BCUT2D eigenvalue weighted by molar-refractivity contribution is 0.0906. The van der Waals surface area contributed by atoms with Crippen molar-refractivity contribution in [2.45, 2.75) is 19.4 Å². The van der Waals surface area contributed by atoms with Crippen molar-refractivity contribution in [1.82, 2.24) is 25.3 Å². The molecule has 1 amide bonds. The van der Waals surface area contributed by atoms with Crippen molar-refractivity contribution in [3.63, 3.8) is 0 Å². The van der Waals surface area contributed by atoms with E-state index in [0.29, 0.717) is 22.6 Å². The van der Waals surface area contributed by atoms with Gasteiger partial charge in [0.15, 0.2) is 11.5 Å². The molecule has 5 rings (SSSR count). The molecular weight excluding hydrogens is 462 g/mol. The number of nitrogens with two attached hydrogens (primary N) is 1. The second-order valence-electron chi connectivity index (χ2n) is 9.05. The Bertz CT molecular complexity index is 1660. The summed E-state index contributed by atoms with van der Waals surface area (Å²) in [5.74, 6) is -0.462. The van der Waals surface area contributed by atoms with Crippen LogP contribution in [0.2, 0.25) is 0 Å². The third kappa shape index (κ3) is 4.70. The van der Waals surface area contributed by atoms with Gasteiger partial charge in [-0.25, -0.2) is 9.97 Å². The first-order chi connectivity index (χ1) is 17.9. The quantitative estimate of drug-likeness (QED) is 0.363. The first kappa shape index (κ1) is 23.6. The zero-order chi connectivity index (χ0) is 26.0. The molecule has 0 aliphatic carbocycles. The van der Waals surface area contributed by atoms with Crippen molar-refractivity contribution in [1.29, 1.82) is 5.26 Å². The number of pyridine rings is 2. The van der Waals surface area contributed by atoms with Crippen molar-refractivity contribution in [3.8, 4) is 28.6 Å². The van der Waals surface area contributed by atoms with E-state index in [1.54, 1.807) is 18.3 Å². The topological polar surface area (TPSA) is 130 Å². The number of carbonyl (C=O) groups is 1. The fourth-order valence-electron chi connectivity index (χ4n) is 4.07. The van der Waals surface area contributed by atoms with Crippen LogP contribution in [0.1, 0.15) is 35.6 Å². The number of nitrogen functional groups attached to an aromatic ring is 1. The molecule has 0 atom stereocenters. The Morgan fingerprint density at radius 3 is 2.43 bits per heavy atom. The van der Waals surface area contributed by atoms with Crippen molar-refractivity contribution in [2.75, 3.05) is 5.73 Å². The highest BCUT2D eigenvalue weighted by Crippen LogP contribution is 2.32. The van der Waals surface area contributed by atoms with Crippen LogP contribution in [0.3, 0.4) is 0 Å². The van der Waals surface area contributed by atoms with E-state index in [2.05, 4.69) is 20.3 Å². The predicted molar refractivity (Wildman–Crippen MR) is 142 cm³/mol. The minimum Gasteiger partial charge on any atom is -0.382 e. The molecule has 8 nitrogen and oxygen atoms in total. The van der Waals surface area contributed by atoms with Gasteiger partial charge in [-0.2, -0.15) is 5.26 Å². The summed E-state index contributed by atoms with van der Waals surface area (Å²) in [6, 6.07) is 24.6. The van der Waals surface area contributed by atoms with E-state index in [1.807, 2.05) is 80.6 Å². The van der Waals surface area contributed by atoms with Gasteiger partial charge in [-0.05, 0) is 44.2 Å². The lowest BCUT2D eigenvalue weighted by Crippen LogP contribution is -2.42. The number of amides is 1. The molecule has 0 aliphatic heterocycles. The number of benzene rings is 2. The van der Waals surface area contributed by atoms with Gasteiger partial charge in [0.05, 0.1) is 33.7 Å². The van der Waals surface area contributed by atoms with Gasteiger partial charge in [-0.1, -0.05) is 42.5 Å². The van der Waals surface area contributed by atoms with Crippen molar-refractivity contribution >= 4 is 22.6 Å². The first-order valence-corrected chi connectivity index (χ1v) is 11.6. The molecule has 3 aromatic heterocycles. The molecule has 0 spiro atoms. The monoisotopic (exact) mass is 485 g/mol. The Morgan fingerprint density at radius 1 is 0.919 bits per heavy atom. The van der Waals surface area contributed by atoms with Crippen LogP contribution in [-0.4, -0.2) is 25.8 Å². The predicted octanol–water partition coefficient (Wildman–Crippen LogP) is 4.87. The number of fused-ring (bicyclic) bond motifs is 1. The Balaban J connectivity index is 1.59. The zero-order valence-electron chi connectivity index (χ0n) is 20.3. The smallest absolute Gasteiger partial charge is 0.274 e. The number of hydrogen-bond acceptors (Lipinski definition) is 7. The highest BCUT2D eigenvalue weighted by atomic mass is 16.2. The number of nitrogens with zero attached hydrogens (tertiary/aromatic N) is 5. The molecule has 180 valence electrons. The fourth-order valence-corrected chi connectivity index (χ4v) is 4.07. The maximum atomic E-state index is 13.4. The minimum absolute atomic E-state index is 0.0164. The maximum absolute atomic E-state index is 13.4. The van der Waals surface area contributed by atoms with Gasteiger partial charge >= 0.3 is 0 Å². The molecule has 0 bridgehead atoms. The van der Waals surface area contributed by atoms with E-state index in [1.165, 1.54) is 6.20 Å². The standard InChI is InChI=1S/C29H23N7O/c1-29(2,23-13-10-18(16-30)17-33-23)36-28(37)26-27(31)35-24(19-7-4-3-5-8-19)25(34-26)21-11-12-22-20(15-21)9-6-14-32-22/h3-15,17H,1-2H3,(H2,31,35)(H,36,37). The fraction of sp³-hybridized carbons (Fsp3) is 0.103. The molecule has 0 radical (unpaired) electrons. The van der Waals surface area contributed by atoms with Crippen molar-refractivity contribution < 1.29 is 4.79 Å². The van der Waals surface area contributed by atoms with Gasteiger partial charge in [-0.3, -0.25) is 14.8 Å². The molecule has 0 fully saturated rings. The number of hydrogen-bond donors (Lipinski definition) is 2. The largest absolute Gasteiger partial charge is 0.382 e. The van der Waals surface area contributed by atoms with Gasteiger partial charge in [0.1, 0.15) is 6.07 Å². The second kappa shape index (κ2) is 9.47. The van der Waals surface area contributed by atoms with Gasteiger partial charge in [0.2, 0.25) is 0 Å². The molecule has 3 N–H and O–H groups in total. The van der Waals surface area contributed by atoms with Gasteiger partial charge < -0.3 is 11.1 Å². The molecule has 0 saturated heterocycles. The van der Waals surface area contributed by atoms with Crippen LogP contribution in [0.4, 0.5) is 5.82 Å². The average molecular weight is 486 g/mol. The third-order valence-electron chi connectivity index (χ3n) is 6.02. The lowest BCUT2D eigenvalue weighted by Gasteiger charge is -2.26. The summed E-state index contributed by atoms with van der Waals surface area (Å²) in [6.45, 7) is 3.64. The third-order valence-corrected chi connectivity index (χ3v) is 6.02. The van der Waals surface area contributed by atoms with Gasteiger partial charge in [-0.15, -0.1) is 0 Å². The molecule has 0 aliphatic rings. The summed E-state index contributed by atoms with van der Waals surface area (Å²) >= 11 is 0. The van der Waals surface area contributed by atoms with Crippen LogP contribution in [-0.2, 0) is 5.54 Å². The Morgan fingerprint density at radius 2 is 1.70 bits per heavy atom. The van der Waals surface area contributed by atoms with Gasteiger partial charge in [0, 0.05) is 28.9 Å². The summed E-state index contributed by atoms with van der Waals surface area (Å²) in [6.07, 6.45) is 3.21. The molecule has 0 saturated carbocycles. The Kier molecular flexibility index (Phi) is 6.04. The molecule has 37 heavy (non-hydrogen) atoms. The van der Waals surface area contributed by atoms with E-state index >= 15 is 0 Å². The number of rotatable bonds is 5. The van der Waals surface area contributed by atoms with Crippen LogP contribution in [0.5, 0.6) is 0 Å². The SMILES string of the molecule is CC(C)(NC(=O)c1nc(-c2ccc3ncccc3c2)c(-c2ccccc2)nc1N)c1ccc(C#N)cn1. The highest BCUT2D eigenvalue weighted by molar-refractivity contribution is 5.98. The number of aromatic nitrogens is 4. The molecule has 0 unspecified atom stereocenters. The van der Waals surface area contributed by atoms with E-state index in [0.717, 1.165) is 22.0 Å². The molecule has 8 heteroatoms. The van der Waals surface area contributed by atoms with E-state index in [-0.39, 0.29) is 11.5 Å². The van der Waals surface area contributed by atoms with E-state index in [4.69, 9.17) is 16.0 Å². The van der Waals surface area contributed by atoms with E-state index < -0.39 is 11.4 Å².